The Balaban J connectivity index is 2.21. The van der Waals surface area contributed by atoms with Crippen molar-refractivity contribution in [3.8, 4) is 11.8 Å². The second kappa shape index (κ2) is 6.31. The lowest BCUT2D eigenvalue weighted by Crippen LogP contribution is -2.04. The van der Waals surface area contributed by atoms with Crippen LogP contribution in [0.25, 0.3) is 0 Å². The van der Waals surface area contributed by atoms with Crippen molar-refractivity contribution < 1.29 is 4.74 Å². The Morgan fingerprint density at radius 3 is 2.80 bits per heavy atom. The summed E-state index contributed by atoms with van der Waals surface area (Å²) in [5, 5.41) is 12.1. The van der Waals surface area contributed by atoms with Crippen molar-refractivity contribution in [3.63, 3.8) is 0 Å². The minimum atomic E-state index is 0.557. The van der Waals surface area contributed by atoms with E-state index in [1.54, 1.807) is 25.3 Å². The van der Waals surface area contributed by atoms with E-state index in [4.69, 9.17) is 15.7 Å². The van der Waals surface area contributed by atoms with Crippen LogP contribution in [-0.4, -0.2) is 7.11 Å². The maximum Gasteiger partial charge on any atom is 0.123 e. The molecule has 2 aromatic carbocycles. The van der Waals surface area contributed by atoms with Crippen molar-refractivity contribution in [2.45, 2.75) is 6.54 Å². The Hall–Kier alpha value is -2.19. The zero-order valence-electron chi connectivity index (χ0n) is 11.0. The van der Waals surface area contributed by atoms with Gasteiger partial charge in [0.15, 0.2) is 0 Å². The molecule has 0 saturated heterocycles. The van der Waals surface area contributed by atoms with Crippen LogP contribution >= 0.6 is 15.9 Å². The number of anilines is 2. The van der Waals surface area contributed by atoms with Crippen LogP contribution in [0.1, 0.15) is 11.1 Å². The maximum absolute atomic E-state index is 8.91. The number of hydrogen-bond acceptors (Lipinski definition) is 4. The van der Waals surface area contributed by atoms with E-state index in [2.05, 4.69) is 27.3 Å². The van der Waals surface area contributed by atoms with Gasteiger partial charge in [-0.1, -0.05) is 15.9 Å². The zero-order chi connectivity index (χ0) is 14.5. The number of nitrogens with two attached hydrogens (primary N) is 1. The molecule has 3 N–H and O–H groups in total. The van der Waals surface area contributed by atoms with Crippen LogP contribution < -0.4 is 15.8 Å². The Labute approximate surface area is 126 Å². The van der Waals surface area contributed by atoms with Crippen LogP contribution in [0, 0.1) is 11.3 Å². The van der Waals surface area contributed by atoms with Gasteiger partial charge in [0, 0.05) is 16.6 Å². The molecule has 102 valence electrons. The van der Waals surface area contributed by atoms with Crippen molar-refractivity contribution in [1.82, 2.24) is 0 Å². The van der Waals surface area contributed by atoms with Crippen LogP contribution in [-0.2, 0) is 6.54 Å². The summed E-state index contributed by atoms with van der Waals surface area (Å²) in [6, 6.07) is 13.1. The number of nitrogens with zero attached hydrogens (tertiary/aromatic N) is 1. The Morgan fingerprint density at radius 2 is 2.10 bits per heavy atom. The van der Waals surface area contributed by atoms with Crippen molar-refractivity contribution in [2.75, 3.05) is 18.2 Å². The first-order chi connectivity index (χ1) is 9.63. The number of nitrogens with one attached hydrogen (secondary N) is 1. The summed E-state index contributed by atoms with van der Waals surface area (Å²) in [7, 11) is 1.64. The maximum atomic E-state index is 8.91. The average Bonchev–Trinajstić information content (AvgIpc) is 2.46. The van der Waals surface area contributed by atoms with Crippen LogP contribution in [0.2, 0.25) is 0 Å². The molecule has 0 aromatic heterocycles. The first-order valence-corrected chi connectivity index (χ1v) is 6.79. The third-order valence-corrected chi connectivity index (χ3v) is 3.39. The van der Waals surface area contributed by atoms with E-state index in [0.29, 0.717) is 17.8 Å². The summed E-state index contributed by atoms with van der Waals surface area (Å²) < 4.78 is 6.30. The molecule has 0 aliphatic carbocycles. The van der Waals surface area contributed by atoms with Crippen LogP contribution in [0.4, 0.5) is 11.4 Å². The highest BCUT2D eigenvalue weighted by Crippen LogP contribution is 2.25. The molecule has 4 nitrogen and oxygen atoms in total. The minimum absolute atomic E-state index is 0.557. The van der Waals surface area contributed by atoms with Gasteiger partial charge in [0.2, 0.25) is 0 Å². The fourth-order valence-corrected chi connectivity index (χ4v) is 2.26. The van der Waals surface area contributed by atoms with E-state index in [1.807, 2.05) is 18.2 Å². The highest BCUT2D eigenvalue weighted by atomic mass is 79.9. The molecule has 0 heterocycles. The van der Waals surface area contributed by atoms with E-state index in [-0.39, 0.29) is 0 Å². The number of rotatable bonds is 4. The largest absolute Gasteiger partial charge is 0.496 e. The van der Waals surface area contributed by atoms with E-state index < -0.39 is 0 Å². The predicted molar refractivity (Wildman–Crippen MR) is 83.6 cm³/mol. The lowest BCUT2D eigenvalue weighted by molar-refractivity contribution is 0.410. The molecule has 5 heteroatoms. The van der Waals surface area contributed by atoms with Gasteiger partial charge in [0.25, 0.3) is 0 Å². The highest BCUT2D eigenvalue weighted by Gasteiger charge is 2.06. The fourth-order valence-electron chi connectivity index (χ4n) is 1.85. The molecule has 0 unspecified atom stereocenters. The van der Waals surface area contributed by atoms with Gasteiger partial charge in [-0.3, -0.25) is 0 Å². The summed E-state index contributed by atoms with van der Waals surface area (Å²) in [4.78, 5) is 0. The monoisotopic (exact) mass is 331 g/mol. The molecule has 0 aliphatic rings. The van der Waals surface area contributed by atoms with Gasteiger partial charge in [-0.2, -0.15) is 5.26 Å². The summed E-state index contributed by atoms with van der Waals surface area (Å²) in [5.74, 6) is 0.802. The zero-order valence-corrected chi connectivity index (χ0v) is 12.6. The topological polar surface area (TPSA) is 71.1 Å². The summed E-state index contributed by atoms with van der Waals surface area (Å²) in [5.41, 5.74) is 8.82. The first-order valence-electron chi connectivity index (χ1n) is 6.00. The molecular weight excluding hydrogens is 318 g/mol. The SMILES string of the molecule is COc1ccc(Br)cc1CNc1cc(C#N)ccc1N. The smallest absolute Gasteiger partial charge is 0.123 e. The van der Waals surface area contributed by atoms with E-state index in [9.17, 15) is 0 Å². The molecule has 0 saturated carbocycles. The first kappa shape index (κ1) is 14.2. The molecule has 20 heavy (non-hydrogen) atoms. The molecule has 0 aliphatic heterocycles. The number of methoxy groups -OCH3 is 1. The standard InChI is InChI=1S/C15H14BrN3O/c1-20-15-5-3-12(16)7-11(15)9-19-14-6-10(8-17)2-4-13(14)18/h2-7,19H,9,18H2,1H3. The fraction of sp³-hybridized carbons (Fsp3) is 0.133. The number of benzene rings is 2. The third kappa shape index (κ3) is 3.22. The third-order valence-electron chi connectivity index (χ3n) is 2.89. The van der Waals surface area contributed by atoms with Crippen molar-refractivity contribution >= 4 is 27.3 Å². The Bertz CT molecular complexity index is 663. The van der Waals surface area contributed by atoms with E-state index >= 15 is 0 Å². The van der Waals surface area contributed by atoms with Crippen molar-refractivity contribution in [1.29, 1.82) is 5.26 Å². The molecule has 0 atom stereocenters. The van der Waals surface area contributed by atoms with Crippen molar-refractivity contribution in [2.24, 2.45) is 0 Å². The molecule has 0 radical (unpaired) electrons. The molecule has 2 aromatic rings. The van der Waals surface area contributed by atoms with Gasteiger partial charge >= 0.3 is 0 Å². The predicted octanol–water partition coefficient (Wildman–Crippen LogP) is 3.52. The van der Waals surface area contributed by atoms with Crippen molar-refractivity contribution in [3.05, 3.63) is 52.0 Å². The van der Waals surface area contributed by atoms with Crippen LogP contribution in [0.5, 0.6) is 5.75 Å². The summed E-state index contributed by atoms with van der Waals surface area (Å²) in [6.45, 7) is 0.557. The van der Waals surface area contributed by atoms with Gasteiger partial charge < -0.3 is 15.8 Å². The molecule has 0 fully saturated rings. The van der Waals surface area contributed by atoms with Crippen LogP contribution in [0.15, 0.2) is 40.9 Å². The lowest BCUT2D eigenvalue weighted by atomic mass is 10.1. The number of nitriles is 1. The molecule has 2 rings (SSSR count). The molecular formula is C15H14BrN3O. The Kier molecular flexibility index (Phi) is 4.49. The van der Waals surface area contributed by atoms with Gasteiger partial charge in [-0.15, -0.1) is 0 Å². The van der Waals surface area contributed by atoms with Gasteiger partial charge in [0.05, 0.1) is 30.1 Å². The van der Waals surface area contributed by atoms with Crippen LogP contribution in [0.3, 0.4) is 0 Å². The minimum Gasteiger partial charge on any atom is -0.496 e. The number of ether oxygens (including phenoxy) is 1. The van der Waals surface area contributed by atoms with Gasteiger partial charge in [-0.25, -0.2) is 0 Å². The number of hydrogen-bond donors (Lipinski definition) is 2. The second-order valence-corrected chi connectivity index (χ2v) is 5.14. The normalized spacial score (nSPS) is 9.85. The second-order valence-electron chi connectivity index (χ2n) is 4.22. The van der Waals surface area contributed by atoms with Gasteiger partial charge in [0.1, 0.15) is 5.75 Å². The molecule has 0 spiro atoms. The van der Waals surface area contributed by atoms with Gasteiger partial charge in [-0.05, 0) is 36.4 Å². The number of halogens is 1. The summed E-state index contributed by atoms with van der Waals surface area (Å²) in [6.07, 6.45) is 0. The number of nitrogen functional groups attached to an aromatic ring is 1. The molecule has 0 bridgehead atoms. The summed E-state index contributed by atoms with van der Waals surface area (Å²) >= 11 is 3.44. The highest BCUT2D eigenvalue weighted by molar-refractivity contribution is 9.10. The van der Waals surface area contributed by atoms with E-state index in [1.165, 1.54) is 0 Å². The average molecular weight is 332 g/mol. The lowest BCUT2D eigenvalue weighted by Gasteiger charge is -2.12. The Morgan fingerprint density at radius 1 is 1.30 bits per heavy atom. The quantitative estimate of drug-likeness (QED) is 0.841. The van der Waals surface area contributed by atoms with E-state index in [0.717, 1.165) is 21.5 Å². The molecule has 0 amide bonds.